The SMILES string of the molecule is CCCCN(Cc1ccsc1)CC1CCCN1. The first-order valence-electron chi connectivity index (χ1n) is 6.85. The topological polar surface area (TPSA) is 15.3 Å². The molecule has 1 fully saturated rings. The summed E-state index contributed by atoms with van der Waals surface area (Å²) in [6, 6.07) is 2.98. The van der Waals surface area contributed by atoms with Crippen LogP contribution in [0.2, 0.25) is 0 Å². The molecule has 0 amide bonds. The van der Waals surface area contributed by atoms with Gasteiger partial charge in [0.25, 0.3) is 0 Å². The monoisotopic (exact) mass is 252 g/mol. The van der Waals surface area contributed by atoms with E-state index in [1.165, 1.54) is 50.9 Å². The maximum absolute atomic E-state index is 3.60. The molecule has 2 rings (SSSR count). The Hall–Kier alpha value is -0.380. The molecule has 1 aliphatic rings. The van der Waals surface area contributed by atoms with Crippen LogP contribution in [0.25, 0.3) is 0 Å². The van der Waals surface area contributed by atoms with Gasteiger partial charge < -0.3 is 5.32 Å². The number of rotatable bonds is 7. The van der Waals surface area contributed by atoms with Crippen molar-refractivity contribution in [3.63, 3.8) is 0 Å². The zero-order chi connectivity index (χ0) is 11.9. The number of thiophene rings is 1. The Balaban J connectivity index is 1.83. The van der Waals surface area contributed by atoms with E-state index in [0.717, 1.165) is 12.6 Å². The van der Waals surface area contributed by atoms with E-state index in [1.807, 2.05) is 0 Å². The zero-order valence-electron chi connectivity index (χ0n) is 10.8. The van der Waals surface area contributed by atoms with Gasteiger partial charge in [0.1, 0.15) is 0 Å². The Bertz CT molecular complexity index is 291. The number of hydrogen-bond acceptors (Lipinski definition) is 3. The van der Waals surface area contributed by atoms with Crippen LogP contribution in [0.15, 0.2) is 16.8 Å². The minimum atomic E-state index is 0.727. The molecule has 0 saturated carbocycles. The molecule has 0 radical (unpaired) electrons. The molecule has 17 heavy (non-hydrogen) atoms. The van der Waals surface area contributed by atoms with Crippen molar-refractivity contribution in [2.24, 2.45) is 0 Å². The van der Waals surface area contributed by atoms with Crippen LogP contribution in [0.4, 0.5) is 0 Å². The summed E-state index contributed by atoms with van der Waals surface area (Å²) in [5, 5.41) is 8.06. The van der Waals surface area contributed by atoms with E-state index in [9.17, 15) is 0 Å². The molecule has 0 bridgehead atoms. The molecule has 3 heteroatoms. The summed E-state index contributed by atoms with van der Waals surface area (Å²) in [5.74, 6) is 0. The van der Waals surface area contributed by atoms with Crippen molar-refractivity contribution in [2.45, 2.75) is 45.2 Å². The van der Waals surface area contributed by atoms with E-state index in [1.54, 1.807) is 11.3 Å². The molecule has 1 unspecified atom stereocenters. The lowest BCUT2D eigenvalue weighted by atomic mass is 10.2. The van der Waals surface area contributed by atoms with Crippen LogP contribution in [0.3, 0.4) is 0 Å². The van der Waals surface area contributed by atoms with E-state index in [2.05, 4.69) is 34.0 Å². The highest BCUT2D eigenvalue weighted by Crippen LogP contribution is 2.13. The third-order valence-corrected chi connectivity index (χ3v) is 4.19. The van der Waals surface area contributed by atoms with Gasteiger partial charge in [0.05, 0.1) is 0 Å². The van der Waals surface area contributed by atoms with Crippen LogP contribution in [-0.2, 0) is 6.54 Å². The highest BCUT2D eigenvalue weighted by Gasteiger charge is 2.17. The Morgan fingerprint density at radius 3 is 3.12 bits per heavy atom. The fourth-order valence-corrected chi connectivity index (χ4v) is 3.14. The first-order valence-corrected chi connectivity index (χ1v) is 7.79. The number of unbranched alkanes of at least 4 members (excludes halogenated alkanes) is 1. The third-order valence-electron chi connectivity index (χ3n) is 3.46. The average Bonchev–Trinajstić information content (AvgIpc) is 2.99. The number of hydrogen-bond donors (Lipinski definition) is 1. The molecule has 2 heterocycles. The molecule has 1 N–H and O–H groups in total. The Kier molecular flexibility index (Phi) is 5.49. The molecule has 2 nitrogen and oxygen atoms in total. The normalized spacial score (nSPS) is 20.2. The molecule has 0 aliphatic carbocycles. The van der Waals surface area contributed by atoms with E-state index in [-0.39, 0.29) is 0 Å². The lowest BCUT2D eigenvalue weighted by Gasteiger charge is -2.25. The van der Waals surface area contributed by atoms with E-state index < -0.39 is 0 Å². The van der Waals surface area contributed by atoms with Gasteiger partial charge in [0.15, 0.2) is 0 Å². The van der Waals surface area contributed by atoms with Crippen LogP contribution < -0.4 is 5.32 Å². The van der Waals surface area contributed by atoms with Crippen molar-refractivity contribution < 1.29 is 0 Å². The molecule has 1 saturated heterocycles. The largest absolute Gasteiger partial charge is 0.313 e. The number of nitrogens with zero attached hydrogens (tertiary/aromatic N) is 1. The minimum absolute atomic E-state index is 0.727. The lowest BCUT2D eigenvalue weighted by Crippen LogP contribution is -2.37. The van der Waals surface area contributed by atoms with Crippen molar-refractivity contribution in [1.29, 1.82) is 0 Å². The van der Waals surface area contributed by atoms with Gasteiger partial charge in [0.2, 0.25) is 0 Å². The predicted octanol–water partition coefficient (Wildman–Crippen LogP) is 3.10. The second-order valence-electron chi connectivity index (χ2n) is 5.01. The molecule has 1 aliphatic heterocycles. The van der Waals surface area contributed by atoms with Gasteiger partial charge in [-0.3, -0.25) is 4.90 Å². The first-order chi connectivity index (χ1) is 8.38. The van der Waals surface area contributed by atoms with Gasteiger partial charge in [-0.25, -0.2) is 0 Å². The molecular weight excluding hydrogens is 228 g/mol. The van der Waals surface area contributed by atoms with Gasteiger partial charge in [-0.15, -0.1) is 0 Å². The summed E-state index contributed by atoms with van der Waals surface area (Å²) < 4.78 is 0. The molecule has 1 aromatic heterocycles. The number of nitrogens with one attached hydrogen (secondary N) is 1. The van der Waals surface area contributed by atoms with E-state index in [0.29, 0.717) is 0 Å². The van der Waals surface area contributed by atoms with Gasteiger partial charge in [-0.05, 0) is 54.7 Å². The average molecular weight is 252 g/mol. The molecular formula is C14H24N2S. The van der Waals surface area contributed by atoms with Crippen LogP contribution >= 0.6 is 11.3 Å². The highest BCUT2D eigenvalue weighted by atomic mass is 32.1. The Morgan fingerprint density at radius 1 is 1.53 bits per heavy atom. The molecule has 96 valence electrons. The van der Waals surface area contributed by atoms with Crippen molar-refractivity contribution in [3.8, 4) is 0 Å². The van der Waals surface area contributed by atoms with Gasteiger partial charge in [-0.2, -0.15) is 11.3 Å². The maximum Gasteiger partial charge on any atom is 0.0242 e. The van der Waals surface area contributed by atoms with E-state index in [4.69, 9.17) is 0 Å². The summed E-state index contributed by atoms with van der Waals surface area (Å²) in [6.45, 7) is 7.07. The molecule has 1 aromatic rings. The standard InChI is InChI=1S/C14H24N2S/c1-2-3-8-16(10-13-6-9-17-12-13)11-14-5-4-7-15-14/h6,9,12,14-15H,2-5,7-8,10-11H2,1H3. The van der Waals surface area contributed by atoms with Crippen molar-refractivity contribution in [1.82, 2.24) is 10.2 Å². The second-order valence-corrected chi connectivity index (χ2v) is 5.79. The summed E-state index contributed by atoms with van der Waals surface area (Å²) >= 11 is 1.81. The van der Waals surface area contributed by atoms with Crippen LogP contribution in [-0.4, -0.2) is 30.6 Å². The minimum Gasteiger partial charge on any atom is -0.313 e. The van der Waals surface area contributed by atoms with Crippen LogP contribution in [0, 0.1) is 0 Å². The predicted molar refractivity (Wildman–Crippen MR) is 75.5 cm³/mol. The second kappa shape index (κ2) is 7.14. The third kappa shape index (κ3) is 4.41. The molecule has 1 atom stereocenters. The fourth-order valence-electron chi connectivity index (χ4n) is 2.48. The van der Waals surface area contributed by atoms with Crippen molar-refractivity contribution >= 4 is 11.3 Å². The summed E-state index contributed by atoms with van der Waals surface area (Å²) in [7, 11) is 0. The van der Waals surface area contributed by atoms with Crippen molar-refractivity contribution in [2.75, 3.05) is 19.6 Å². The van der Waals surface area contributed by atoms with E-state index >= 15 is 0 Å². The summed E-state index contributed by atoms with van der Waals surface area (Å²) in [5.41, 5.74) is 1.48. The van der Waals surface area contributed by atoms with Gasteiger partial charge in [0, 0.05) is 19.1 Å². The molecule has 0 aromatic carbocycles. The Morgan fingerprint density at radius 2 is 2.47 bits per heavy atom. The maximum atomic E-state index is 3.60. The smallest absolute Gasteiger partial charge is 0.0242 e. The highest BCUT2D eigenvalue weighted by molar-refractivity contribution is 7.07. The Labute approximate surface area is 109 Å². The van der Waals surface area contributed by atoms with Gasteiger partial charge >= 0.3 is 0 Å². The molecule has 0 spiro atoms. The quantitative estimate of drug-likeness (QED) is 0.802. The van der Waals surface area contributed by atoms with Crippen molar-refractivity contribution in [3.05, 3.63) is 22.4 Å². The van der Waals surface area contributed by atoms with Crippen LogP contribution in [0.5, 0.6) is 0 Å². The fraction of sp³-hybridized carbons (Fsp3) is 0.714. The summed E-state index contributed by atoms with van der Waals surface area (Å²) in [6.07, 6.45) is 5.31. The first kappa shape index (κ1) is 13.1. The lowest BCUT2D eigenvalue weighted by molar-refractivity contribution is 0.238. The van der Waals surface area contributed by atoms with Crippen LogP contribution in [0.1, 0.15) is 38.2 Å². The zero-order valence-corrected chi connectivity index (χ0v) is 11.6. The summed E-state index contributed by atoms with van der Waals surface area (Å²) in [4.78, 5) is 2.62. The van der Waals surface area contributed by atoms with Gasteiger partial charge in [-0.1, -0.05) is 13.3 Å².